The van der Waals surface area contributed by atoms with Crippen LogP contribution in [0.25, 0.3) is 5.82 Å². The zero-order valence-electron chi connectivity index (χ0n) is 22.5. The molecule has 13 nitrogen and oxygen atoms in total. The average molecular weight is 564 g/mol. The van der Waals surface area contributed by atoms with Crippen LogP contribution in [-0.2, 0) is 13.2 Å². The lowest BCUT2D eigenvalue weighted by molar-refractivity contribution is 0.0947. The highest BCUT2D eigenvalue weighted by atomic mass is 19.1. The van der Waals surface area contributed by atoms with E-state index in [0.717, 1.165) is 31.5 Å². The number of nitrogens with two attached hydrogens (primary N) is 1. The molecule has 0 bridgehead atoms. The van der Waals surface area contributed by atoms with Crippen LogP contribution < -0.4 is 20.6 Å². The Labute approximate surface area is 235 Å². The lowest BCUT2D eigenvalue weighted by Gasteiger charge is -2.26. The van der Waals surface area contributed by atoms with Crippen molar-refractivity contribution in [2.45, 2.75) is 39.3 Å². The first-order chi connectivity index (χ1) is 20.0. The number of benzene rings is 2. The van der Waals surface area contributed by atoms with Crippen LogP contribution in [0.15, 0.2) is 52.2 Å². The number of halogens is 1. The van der Waals surface area contributed by atoms with Crippen molar-refractivity contribution < 1.29 is 23.3 Å². The number of aromatic nitrogens is 5. The van der Waals surface area contributed by atoms with Crippen LogP contribution in [0.2, 0.25) is 0 Å². The van der Waals surface area contributed by atoms with Crippen LogP contribution in [0.1, 0.15) is 53.5 Å². The molecule has 0 spiro atoms. The van der Waals surface area contributed by atoms with Crippen LogP contribution in [0.5, 0.6) is 11.5 Å². The summed E-state index contributed by atoms with van der Waals surface area (Å²) < 4.78 is 30.9. The fourth-order valence-corrected chi connectivity index (χ4v) is 4.41. The highest BCUT2D eigenvalue weighted by molar-refractivity contribution is 5.94. The lowest BCUT2D eigenvalue weighted by Crippen LogP contribution is -2.31. The molecule has 1 aliphatic rings. The molecule has 0 unspecified atom stereocenters. The number of amides is 1. The Kier molecular flexibility index (Phi) is 8.79. The van der Waals surface area contributed by atoms with E-state index in [1.165, 1.54) is 29.4 Å². The molecule has 0 saturated carbocycles. The highest BCUT2D eigenvalue weighted by Gasteiger charge is 2.26. The molecule has 1 amide bonds. The molecule has 0 aliphatic carbocycles. The van der Waals surface area contributed by atoms with Gasteiger partial charge in [-0.15, -0.1) is 5.10 Å². The Bertz CT molecular complexity index is 1500. The summed E-state index contributed by atoms with van der Waals surface area (Å²) in [6.45, 7) is 4.74. The summed E-state index contributed by atoms with van der Waals surface area (Å²) in [4.78, 5) is 15.3. The number of carbonyl (C=O) groups excluding carboxylic acids is 1. The van der Waals surface area contributed by atoms with Gasteiger partial charge in [0.15, 0.2) is 17.2 Å². The molecule has 4 aromatic rings. The van der Waals surface area contributed by atoms with Crippen molar-refractivity contribution in [3.63, 3.8) is 0 Å². The minimum Gasteiger partial charge on any atom is -0.490 e. The van der Waals surface area contributed by atoms with Gasteiger partial charge in [-0.05, 0) is 84.6 Å². The van der Waals surface area contributed by atoms with Crippen molar-refractivity contribution in [2.75, 3.05) is 25.4 Å². The third kappa shape index (κ3) is 6.84. The molecule has 214 valence electrons. The maximum Gasteiger partial charge on any atom is 0.293 e. The predicted molar refractivity (Wildman–Crippen MR) is 146 cm³/mol. The molecule has 14 heteroatoms. The topological polar surface area (TPSA) is 159 Å². The van der Waals surface area contributed by atoms with E-state index in [-0.39, 0.29) is 29.8 Å². The lowest BCUT2D eigenvalue weighted by atomic mass is 10.1. The second-order valence-corrected chi connectivity index (χ2v) is 9.36. The number of nitrogen functional groups attached to an aromatic ring is 1. The van der Waals surface area contributed by atoms with Crippen molar-refractivity contribution in [3.8, 4) is 17.3 Å². The molecular weight excluding hydrogens is 533 g/mol. The fourth-order valence-electron chi connectivity index (χ4n) is 4.41. The number of nitrogens with zero attached hydrogens (tertiary/aromatic N) is 7. The molecule has 0 radical (unpaired) electrons. The van der Waals surface area contributed by atoms with Crippen molar-refractivity contribution in [2.24, 2.45) is 5.10 Å². The Morgan fingerprint density at radius 3 is 2.66 bits per heavy atom. The fraction of sp³-hybridized carbons (Fsp3) is 0.333. The Morgan fingerprint density at radius 1 is 1.12 bits per heavy atom. The standard InChI is InChI=1S/C27H30FN9O4/c1-2-39-23-14-19(8-11-22(23)40-17-18-6-9-20(28)10-7-18)15-30-32-27(38)24-21(16-36-12-4-3-5-13-36)37(35-31-24)26-25(29)33-41-34-26/h6-11,14-15H,2-5,12-13,16-17H2,1H3,(H2,29,33)(H,32,38)/b30-15-. The van der Waals surface area contributed by atoms with Crippen LogP contribution in [0.3, 0.4) is 0 Å². The van der Waals surface area contributed by atoms with E-state index < -0.39 is 5.91 Å². The summed E-state index contributed by atoms with van der Waals surface area (Å²) in [7, 11) is 0. The van der Waals surface area contributed by atoms with E-state index >= 15 is 0 Å². The number of anilines is 1. The molecule has 2 aromatic heterocycles. The Morgan fingerprint density at radius 2 is 1.93 bits per heavy atom. The van der Waals surface area contributed by atoms with Gasteiger partial charge in [-0.1, -0.05) is 23.8 Å². The van der Waals surface area contributed by atoms with Gasteiger partial charge < -0.3 is 15.2 Å². The molecule has 3 heterocycles. The van der Waals surface area contributed by atoms with Gasteiger partial charge in [0.2, 0.25) is 11.6 Å². The number of rotatable bonds is 11. The minimum atomic E-state index is -0.543. The summed E-state index contributed by atoms with van der Waals surface area (Å²) in [5.74, 6) is 0.388. The van der Waals surface area contributed by atoms with Crippen molar-refractivity contribution in [1.29, 1.82) is 0 Å². The second kappa shape index (κ2) is 13.0. The van der Waals surface area contributed by atoms with Crippen LogP contribution in [0, 0.1) is 5.82 Å². The molecule has 0 atom stereocenters. The molecule has 2 aromatic carbocycles. The van der Waals surface area contributed by atoms with Gasteiger partial charge in [0, 0.05) is 6.54 Å². The number of hydrogen-bond donors (Lipinski definition) is 2. The Balaban J connectivity index is 1.29. The number of hydrazone groups is 1. The first-order valence-corrected chi connectivity index (χ1v) is 13.2. The van der Waals surface area contributed by atoms with Gasteiger partial charge >= 0.3 is 0 Å². The van der Waals surface area contributed by atoms with Crippen molar-refractivity contribution in [3.05, 3.63) is 70.8 Å². The number of piperidine rings is 1. The number of carbonyl (C=O) groups is 1. The normalized spacial score (nSPS) is 13.9. The first-order valence-electron chi connectivity index (χ1n) is 13.2. The summed E-state index contributed by atoms with van der Waals surface area (Å²) >= 11 is 0. The molecular formula is C27H30FN9O4. The van der Waals surface area contributed by atoms with E-state index in [9.17, 15) is 9.18 Å². The van der Waals surface area contributed by atoms with E-state index in [4.69, 9.17) is 19.8 Å². The van der Waals surface area contributed by atoms with Gasteiger partial charge in [-0.2, -0.15) is 9.78 Å². The van der Waals surface area contributed by atoms with Gasteiger partial charge in [0.05, 0.1) is 18.5 Å². The molecule has 1 aliphatic heterocycles. The molecule has 41 heavy (non-hydrogen) atoms. The van der Waals surface area contributed by atoms with E-state index in [0.29, 0.717) is 35.9 Å². The van der Waals surface area contributed by atoms with Gasteiger partial charge in [-0.3, -0.25) is 9.69 Å². The number of ether oxygens (including phenoxy) is 2. The maximum absolute atomic E-state index is 13.2. The van der Waals surface area contributed by atoms with Gasteiger partial charge in [-0.25, -0.2) is 14.4 Å². The molecule has 3 N–H and O–H groups in total. The van der Waals surface area contributed by atoms with Crippen LogP contribution >= 0.6 is 0 Å². The Hall–Kier alpha value is -4.85. The van der Waals surface area contributed by atoms with E-state index in [2.05, 4.69) is 36.1 Å². The number of likely N-dealkylation sites (tertiary alicyclic amines) is 1. The van der Waals surface area contributed by atoms with Crippen LogP contribution in [0.4, 0.5) is 10.2 Å². The minimum absolute atomic E-state index is 0.0370. The second-order valence-electron chi connectivity index (χ2n) is 9.36. The average Bonchev–Trinajstić information content (AvgIpc) is 3.59. The van der Waals surface area contributed by atoms with Crippen molar-refractivity contribution in [1.82, 2.24) is 35.6 Å². The SMILES string of the molecule is CCOc1cc(/C=N\NC(=O)c2nnn(-c3nonc3N)c2CN2CCCCC2)ccc1OCc1ccc(F)cc1. The quantitative estimate of drug-likeness (QED) is 0.205. The monoisotopic (exact) mass is 563 g/mol. The van der Waals surface area contributed by atoms with Crippen LogP contribution in [-0.4, -0.2) is 62.0 Å². The third-order valence-corrected chi connectivity index (χ3v) is 6.45. The van der Waals surface area contributed by atoms with E-state index in [1.54, 1.807) is 30.3 Å². The first kappa shape index (κ1) is 27.7. The van der Waals surface area contributed by atoms with E-state index in [1.807, 2.05) is 6.92 Å². The number of hydrogen-bond acceptors (Lipinski definition) is 11. The smallest absolute Gasteiger partial charge is 0.293 e. The molecule has 1 fully saturated rings. The summed E-state index contributed by atoms with van der Waals surface area (Å²) in [5, 5.41) is 19.7. The zero-order chi connectivity index (χ0) is 28.6. The number of nitrogens with one attached hydrogen (secondary N) is 1. The molecule has 1 saturated heterocycles. The van der Waals surface area contributed by atoms with Gasteiger partial charge in [0.25, 0.3) is 5.91 Å². The summed E-state index contributed by atoms with van der Waals surface area (Å²) in [6.07, 6.45) is 4.79. The van der Waals surface area contributed by atoms with Crippen molar-refractivity contribution >= 4 is 17.9 Å². The summed E-state index contributed by atoms with van der Waals surface area (Å²) in [6, 6.07) is 11.4. The summed E-state index contributed by atoms with van der Waals surface area (Å²) in [5.41, 5.74) is 10.5. The highest BCUT2D eigenvalue weighted by Crippen LogP contribution is 2.29. The maximum atomic E-state index is 13.2. The van der Waals surface area contributed by atoms with Gasteiger partial charge in [0.1, 0.15) is 12.4 Å². The zero-order valence-corrected chi connectivity index (χ0v) is 22.5. The third-order valence-electron chi connectivity index (χ3n) is 6.45. The molecule has 5 rings (SSSR count). The predicted octanol–water partition coefficient (Wildman–Crippen LogP) is 3.10. The largest absolute Gasteiger partial charge is 0.490 e.